The van der Waals surface area contributed by atoms with Gasteiger partial charge in [-0.25, -0.2) is 13.2 Å². The van der Waals surface area contributed by atoms with Gasteiger partial charge in [0.1, 0.15) is 11.8 Å². The van der Waals surface area contributed by atoms with Gasteiger partial charge in [0.25, 0.3) is 10.0 Å². The second kappa shape index (κ2) is 9.57. The third-order valence-electron chi connectivity index (χ3n) is 3.69. The highest BCUT2D eigenvalue weighted by Gasteiger charge is 2.21. The molecule has 0 spiro atoms. The molecule has 2 aromatic carbocycles. The number of carbonyl (C=O) groups excluding carboxylic acids is 2. The molecule has 152 valence electrons. The Morgan fingerprint density at radius 1 is 1.10 bits per heavy atom. The summed E-state index contributed by atoms with van der Waals surface area (Å²) in [6.07, 6.45) is 0. The summed E-state index contributed by atoms with van der Waals surface area (Å²) in [5, 5.41) is 10.9. The largest absolute Gasteiger partial charge is 0.482 e. The maximum Gasteiger partial charge on any atom is 0.345 e. The molecule has 1 amide bonds. The number of hydrogen-bond donors (Lipinski definition) is 1. The lowest BCUT2D eigenvalue weighted by Gasteiger charge is -2.20. The van der Waals surface area contributed by atoms with Gasteiger partial charge in [0.05, 0.1) is 10.6 Å². The van der Waals surface area contributed by atoms with Crippen LogP contribution in [0.1, 0.15) is 6.92 Å². The number of esters is 1. The molecule has 2 rings (SSSR count). The fourth-order valence-electron chi connectivity index (χ4n) is 2.26. The van der Waals surface area contributed by atoms with E-state index in [1.807, 2.05) is 0 Å². The van der Waals surface area contributed by atoms with Crippen LogP contribution in [0.15, 0.2) is 53.4 Å². The summed E-state index contributed by atoms with van der Waals surface area (Å²) in [4.78, 5) is 22.4. The first-order valence-corrected chi connectivity index (χ1v) is 9.80. The number of nitrogens with zero attached hydrogens (tertiary/aromatic N) is 2. The topological polar surface area (TPSA) is 126 Å². The molecule has 0 radical (unpaired) electrons. The van der Waals surface area contributed by atoms with Crippen LogP contribution in [0.2, 0.25) is 0 Å². The fourth-order valence-corrected chi connectivity index (χ4v) is 3.45. The smallest absolute Gasteiger partial charge is 0.345 e. The van der Waals surface area contributed by atoms with Crippen molar-refractivity contribution in [2.75, 3.05) is 29.9 Å². The van der Waals surface area contributed by atoms with E-state index in [-0.39, 0.29) is 24.0 Å². The SMILES string of the molecule is CC(=O)Nc1ccc(S(=O)(=O)N(C)c2ccc(OCC(=O)OCC#N)cc2)cc1. The van der Waals surface area contributed by atoms with E-state index in [0.29, 0.717) is 17.1 Å². The fraction of sp³-hybridized carbons (Fsp3) is 0.211. The van der Waals surface area contributed by atoms with Gasteiger partial charge in [0, 0.05) is 19.7 Å². The number of benzene rings is 2. The molecule has 0 aromatic heterocycles. The number of carbonyl (C=O) groups is 2. The monoisotopic (exact) mass is 417 g/mol. The highest BCUT2D eigenvalue weighted by atomic mass is 32.2. The third-order valence-corrected chi connectivity index (χ3v) is 5.49. The summed E-state index contributed by atoms with van der Waals surface area (Å²) in [5.41, 5.74) is 0.879. The van der Waals surface area contributed by atoms with Gasteiger partial charge in [-0.2, -0.15) is 5.26 Å². The first kappa shape index (κ1) is 21.7. The number of amides is 1. The van der Waals surface area contributed by atoms with Crippen molar-refractivity contribution in [2.45, 2.75) is 11.8 Å². The summed E-state index contributed by atoms with van der Waals surface area (Å²) in [6.45, 7) is 0.645. The molecule has 0 fully saturated rings. The molecule has 10 heteroatoms. The normalized spacial score (nSPS) is 10.5. The van der Waals surface area contributed by atoms with E-state index in [0.717, 1.165) is 4.31 Å². The molecule has 29 heavy (non-hydrogen) atoms. The van der Waals surface area contributed by atoms with Crippen LogP contribution in [0.5, 0.6) is 5.75 Å². The molecular weight excluding hydrogens is 398 g/mol. The van der Waals surface area contributed by atoms with Crippen LogP contribution in [0.4, 0.5) is 11.4 Å². The number of nitriles is 1. The number of ether oxygens (including phenoxy) is 2. The number of sulfonamides is 1. The maximum atomic E-state index is 12.8. The Hall–Kier alpha value is -3.58. The molecule has 9 nitrogen and oxygen atoms in total. The van der Waals surface area contributed by atoms with Crippen LogP contribution >= 0.6 is 0 Å². The molecule has 2 aromatic rings. The Morgan fingerprint density at radius 2 is 1.72 bits per heavy atom. The van der Waals surface area contributed by atoms with Crippen LogP contribution in [0.25, 0.3) is 0 Å². The summed E-state index contributed by atoms with van der Waals surface area (Å²) < 4.78 is 36.5. The van der Waals surface area contributed by atoms with E-state index in [1.54, 1.807) is 6.07 Å². The Labute approximate surface area is 168 Å². The van der Waals surface area contributed by atoms with E-state index >= 15 is 0 Å². The Kier molecular flexibility index (Phi) is 7.16. The summed E-state index contributed by atoms with van der Waals surface area (Å²) >= 11 is 0. The number of nitrogens with one attached hydrogen (secondary N) is 1. The van der Waals surface area contributed by atoms with Crippen molar-refractivity contribution >= 4 is 33.3 Å². The minimum Gasteiger partial charge on any atom is -0.482 e. The van der Waals surface area contributed by atoms with Gasteiger partial charge in [0.2, 0.25) is 5.91 Å². The van der Waals surface area contributed by atoms with Gasteiger partial charge >= 0.3 is 5.97 Å². The molecule has 0 unspecified atom stereocenters. The Balaban J connectivity index is 2.06. The quantitative estimate of drug-likeness (QED) is 0.650. The highest BCUT2D eigenvalue weighted by Crippen LogP contribution is 2.25. The second-order valence-corrected chi connectivity index (χ2v) is 7.75. The van der Waals surface area contributed by atoms with Gasteiger partial charge in [-0.15, -0.1) is 0 Å². The molecule has 0 aliphatic carbocycles. The molecule has 0 heterocycles. The first-order chi connectivity index (χ1) is 13.7. The molecule has 0 saturated heterocycles. The first-order valence-electron chi connectivity index (χ1n) is 8.36. The van der Waals surface area contributed by atoms with Crippen LogP contribution in [0.3, 0.4) is 0 Å². The van der Waals surface area contributed by atoms with Gasteiger partial charge in [-0.3, -0.25) is 9.10 Å². The highest BCUT2D eigenvalue weighted by molar-refractivity contribution is 7.92. The van der Waals surface area contributed by atoms with Crippen molar-refractivity contribution in [3.8, 4) is 11.8 Å². The molecule has 0 aliphatic rings. The van der Waals surface area contributed by atoms with Gasteiger partial charge in [-0.05, 0) is 48.5 Å². The van der Waals surface area contributed by atoms with E-state index in [4.69, 9.17) is 10.00 Å². The van der Waals surface area contributed by atoms with Crippen LogP contribution < -0.4 is 14.4 Å². The van der Waals surface area contributed by atoms with Crippen molar-refractivity contribution in [2.24, 2.45) is 0 Å². The minimum atomic E-state index is -3.81. The van der Waals surface area contributed by atoms with Crippen molar-refractivity contribution in [1.29, 1.82) is 5.26 Å². The van der Waals surface area contributed by atoms with Gasteiger partial charge in [-0.1, -0.05) is 0 Å². The zero-order valence-electron chi connectivity index (χ0n) is 15.8. The third kappa shape index (κ3) is 5.95. The molecular formula is C19H19N3O6S. The summed E-state index contributed by atoms with van der Waals surface area (Å²) in [6, 6.07) is 13.6. The summed E-state index contributed by atoms with van der Waals surface area (Å²) in [5.74, 6) is -0.593. The number of rotatable bonds is 8. The average Bonchev–Trinajstić information content (AvgIpc) is 2.70. The molecule has 0 bridgehead atoms. The average molecular weight is 417 g/mol. The zero-order chi connectivity index (χ0) is 21.4. The lowest BCUT2D eigenvalue weighted by atomic mass is 10.3. The van der Waals surface area contributed by atoms with Crippen molar-refractivity contribution in [3.05, 3.63) is 48.5 Å². The lowest BCUT2D eigenvalue weighted by molar-refractivity contribution is -0.144. The summed E-state index contributed by atoms with van der Waals surface area (Å²) in [7, 11) is -2.40. The standard InChI is InChI=1S/C19H19N3O6S/c1-14(23)21-15-3-9-18(10-4-15)29(25,26)22(2)16-5-7-17(8-6-16)28-13-19(24)27-12-11-20/h3-10H,12-13H2,1-2H3,(H,21,23). The van der Waals surface area contributed by atoms with Crippen LogP contribution in [-0.4, -0.2) is 40.6 Å². The van der Waals surface area contributed by atoms with Crippen molar-refractivity contribution in [3.63, 3.8) is 0 Å². The van der Waals surface area contributed by atoms with E-state index in [9.17, 15) is 18.0 Å². The van der Waals surface area contributed by atoms with Crippen LogP contribution in [-0.2, 0) is 24.3 Å². The van der Waals surface area contributed by atoms with Crippen molar-refractivity contribution < 1.29 is 27.5 Å². The molecule has 1 N–H and O–H groups in total. The molecule has 0 atom stereocenters. The Morgan fingerprint density at radius 3 is 2.28 bits per heavy atom. The Bertz CT molecular complexity index is 1010. The second-order valence-electron chi connectivity index (χ2n) is 5.78. The minimum absolute atomic E-state index is 0.0645. The van der Waals surface area contributed by atoms with Crippen LogP contribution in [0, 0.1) is 11.3 Å². The van der Waals surface area contributed by atoms with Gasteiger partial charge < -0.3 is 14.8 Å². The lowest BCUT2D eigenvalue weighted by Crippen LogP contribution is -2.26. The molecule has 0 aliphatic heterocycles. The predicted octanol–water partition coefficient (Wildman–Crippen LogP) is 1.92. The van der Waals surface area contributed by atoms with E-state index in [1.165, 1.54) is 62.5 Å². The van der Waals surface area contributed by atoms with E-state index in [2.05, 4.69) is 10.1 Å². The predicted molar refractivity (Wildman–Crippen MR) is 105 cm³/mol. The van der Waals surface area contributed by atoms with Gasteiger partial charge in [0.15, 0.2) is 13.2 Å². The molecule has 0 saturated carbocycles. The van der Waals surface area contributed by atoms with Crippen molar-refractivity contribution in [1.82, 2.24) is 0 Å². The number of hydrogen-bond acceptors (Lipinski definition) is 7. The zero-order valence-corrected chi connectivity index (χ0v) is 16.6. The van der Waals surface area contributed by atoms with E-state index < -0.39 is 16.0 Å². The maximum absolute atomic E-state index is 12.8. The number of anilines is 2.